The van der Waals surface area contributed by atoms with Crippen molar-refractivity contribution in [3.63, 3.8) is 0 Å². The van der Waals surface area contributed by atoms with Gasteiger partial charge in [0.25, 0.3) is 0 Å². The van der Waals surface area contributed by atoms with E-state index < -0.39 is 0 Å². The number of Topliss-reactive ketones (excluding diaryl/α,β-unsaturated/α-hetero) is 1. The molecule has 2 bridgehead atoms. The van der Waals surface area contributed by atoms with E-state index in [1.165, 1.54) is 0 Å². The van der Waals surface area contributed by atoms with Gasteiger partial charge in [-0.05, 0) is 61.2 Å². The Labute approximate surface area is 139 Å². The molecule has 130 valence electrons. The first-order valence-electron chi connectivity index (χ1n) is 9.55. The maximum Gasteiger partial charge on any atom is 0.142 e. The van der Waals surface area contributed by atoms with Crippen molar-refractivity contribution in [2.45, 2.75) is 78.4 Å². The third-order valence-corrected chi connectivity index (χ3v) is 8.86. The van der Waals surface area contributed by atoms with Gasteiger partial charge in [0.2, 0.25) is 0 Å². The summed E-state index contributed by atoms with van der Waals surface area (Å²) in [4.78, 5) is 13.2. The topological polar surface area (TPSA) is 57.5 Å². The van der Waals surface area contributed by atoms with E-state index in [0.717, 1.165) is 38.5 Å². The SMILES string of the molecule is C[C@H]1C(=O)[C@@]23CC[C@@H]4C(C)(C)[C@H](O)CC[C@@]4(C)[C@@H]2[C@@H](O)C[C@@H]1C3. The fourth-order valence-corrected chi connectivity index (χ4v) is 7.80. The number of hydrogen-bond donors (Lipinski definition) is 2. The molecule has 0 heterocycles. The van der Waals surface area contributed by atoms with E-state index in [1.807, 2.05) is 0 Å². The number of hydrogen-bond acceptors (Lipinski definition) is 3. The van der Waals surface area contributed by atoms with Crippen molar-refractivity contribution in [1.82, 2.24) is 0 Å². The van der Waals surface area contributed by atoms with Crippen LogP contribution in [0.4, 0.5) is 0 Å². The fourth-order valence-electron chi connectivity index (χ4n) is 7.80. The Morgan fingerprint density at radius 2 is 1.78 bits per heavy atom. The number of rotatable bonds is 0. The maximum atomic E-state index is 13.2. The molecule has 4 aliphatic rings. The second-order valence-corrected chi connectivity index (χ2v) is 10.0. The Morgan fingerprint density at radius 3 is 2.48 bits per heavy atom. The van der Waals surface area contributed by atoms with E-state index >= 15 is 0 Å². The zero-order chi connectivity index (χ0) is 16.8. The molecule has 4 fully saturated rings. The summed E-state index contributed by atoms with van der Waals surface area (Å²) < 4.78 is 0. The zero-order valence-corrected chi connectivity index (χ0v) is 15.0. The summed E-state index contributed by atoms with van der Waals surface area (Å²) in [5.74, 6) is 1.43. The Kier molecular flexibility index (Phi) is 3.22. The number of carbonyl (C=O) groups is 1. The molecule has 2 N–H and O–H groups in total. The molecule has 4 rings (SSSR count). The van der Waals surface area contributed by atoms with Crippen LogP contribution < -0.4 is 0 Å². The average Bonchev–Trinajstić information content (AvgIpc) is 2.65. The molecule has 0 aromatic rings. The van der Waals surface area contributed by atoms with E-state index in [-0.39, 0.29) is 40.3 Å². The van der Waals surface area contributed by atoms with Crippen LogP contribution in [0, 0.1) is 39.9 Å². The fraction of sp³-hybridized carbons (Fsp3) is 0.950. The van der Waals surface area contributed by atoms with Gasteiger partial charge in [0.05, 0.1) is 12.2 Å². The quantitative estimate of drug-likeness (QED) is 0.721. The van der Waals surface area contributed by atoms with Gasteiger partial charge in [-0.15, -0.1) is 0 Å². The number of fused-ring (bicyclic) bond motifs is 3. The lowest BCUT2D eigenvalue weighted by molar-refractivity contribution is -0.207. The smallest absolute Gasteiger partial charge is 0.142 e. The monoisotopic (exact) mass is 320 g/mol. The number of carbonyl (C=O) groups excluding carboxylic acids is 1. The molecular formula is C20H32O3. The van der Waals surface area contributed by atoms with Crippen LogP contribution in [0.5, 0.6) is 0 Å². The molecule has 0 aliphatic heterocycles. The van der Waals surface area contributed by atoms with Crippen molar-refractivity contribution < 1.29 is 15.0 Å². The Bertz CT molecular complexity index is 541. The predicted octanol–water partition coefficient (Wildman–Crippen LogP) is 3.18. The van der Waals surface area contributed by atoms with E-state index in [0.29, 0.717) is 17.6 Å². The van der Waals surface area contributed by atoms with Gasteiger partial charge < -0.3 is 10.2 Å². The molecule has 0 amide bonds. The lowest BCUT2D eigenvalue weighted by Gasteiger charge is -2.65. The van der Waals surface area contributed by atoms with Crippen molar-refractivity contribution in [3.05, 3.63) is 0 Å². The van der Waals surface area contributed by atoms with Gasteiger partial charge in [-0.25, -0.2) is 0 Å². The minimum Gasteiger partial charge on any atom is -0.393 e. The number of ketones is 1. The van der Waals surface area contributed by atoms with E-state index in [4.69, 9.17) is 0 Å². The molecule has 1 spiro atoms. The Morgan fingerprint density at radius 1 is 1.09 bits per heavy atom. The summed E-state index contributed by atoms with van der Waals surface area (Å²) in [5, 5.41) is 21.6. The van der Waals surface area contributed by atoms with Crippen LogP contribution in [0.25, 0.3) is 0 Å². The van der Waals surface area contributed by atoms with Gasteiger partial charge in [-0.2, -0.15) is 0 Å². The average molecular weight is 320 g/mol. The maximum absolute atomic E-state index is 13.2. The highest BCUT2D eigenvalue weighted by Gasteiger charge is 2.70. The van der Waals surface area contributed by atoms with Crippen LogP contribution in [0.1, 0.15) is 66.2 Å². The Balaban J connectivity index is 1.81. The lowest BCUT2D eigenvalue weighted by Crippen LogP contribution is -2.63. The highest BCUT2D eigenvalue weighted by Crippen LogP contribution is 2.71. The third-order valence-electron chi connectivity index (χ3n) is 8.86. The van der Waals surface area contributed by atoms with Crippen LogP contribution in [-0.4, -0.2) is 28.2 Å². The standard InChI is InChI=1S/C20H32O3/c1-11-12-9-13(21)16-19(4)7-6-15(22)18(2,3)14(19)5-8-20(16,10-12)17(11)23/h11-16,21-22H,5-10H2,1-4H3/t11-,12-,13+,14-,15-,16+,19-,20-/m1/s1. The molecule has 0 aromatic carbocycles. The molecule has 4 saturated carbocycles. The molecule has 4 aliphatic carbocycles. The lowest BCUT2D eigenvalue weighted by atomic mass is 9.40. The zero-order valence-electron chi connectivity index (χ0n) is 15.0. The molecule has 0 radical (unpaired) electrons. The number of aliphatic hydroxyl groups is 2. The van der Waals surface area contributed by atoms with Crippen LogP contribution in [0.15, 0.2) is 0 Å². The van der Waals surface area contributed by atoms with Gasteiger partial charge in [-0.1, -0.05) is 27.7 Å². The second kappa shape index (κ2) is 4.60. The summed E-state index contributed by atoms with van der Waals surface area (Å²) in [7, 11) is 0. The summed E-state index contributed by atoms with van der Waals surface area (Å²) in [6, 6.07) is 0. The highest BCUT2D eigenvalue weighted by molar-refractivity contribution is 5.90. The minimum atomic E-state index is -0.346. The van der Waals surface area contributed by atoms with Crippen LogP contribution in [0.3, 0.4) is 0 Å². The van der Waals surface area contributed by atoms with Gasteiger partial charge in [0, 0.05) is 17.3 Å². The number of aliphatic hydroxyl groups excluding tert-OH is 2. The molecule has 0 unspecified atom stereocenters. The molecular weight excluding hydrogens is 288 g/mol. The summed E-state index contributed by atoms with van der Waals surface area (Å²) in [6.07, 6.45) is 4.87. The molecule has 0 saturated heterocycles. The first-order chi connectivity index (χ1) is 10.6. The molecule has 0 aromatic heterocycles. The van der Waals surface area contributed by atoms with Crippen molar-refractivity contribution in [3.8, 4) is 0 Å². The van der Waals surface area contributed by atoms with Crippen molar-refractivity contribution in [2.24, 2.45) is 39.9 Å². The van der Waals surface area contributed by atoms with Crippen molar-refractivity contribution in [1.29, 1.82) is 0 Å². The molecule has 3 nitrogen and oxygen atoms in total. The highest BCUT2D eigenvalue weighted by atomic mass is 16.3. The molecule has 3 heteroatoms. The Hall–Kier alpha value is -0.410. The van der Waals surface area contributed by atoms with Crippen LogP contribution >= 0.6 is 0 Å². The first-order valence-corrected chi connectivity index (χ1v) is 9.55. The minimum absolute atomic E-state index is 0.0227. The van der Waals surface area contributed by atoms with Crippen molar-refractivity contribution >= 4 is 5.78 Å². The van der Waals surface area contributed by atoms with Crippen LogP contribution in [-0.2, 0) is 4.79 Å². The van der Waals surface area contributed by atoms with Gasteiger partial charge in [0.15, 0.2) is 0 Å². The van der Waals surface area contributed by atoms with Gasteiger partial charge >= 0.3 is 0 Å². The van der Waals surface area contributed by atoms with Gasteiger partial charge in [0.1, 0.15) is 5.78 Å². The summed E-state index contributed by atoms with van der Waals surface area (Å²) >= 11 is 0. The molecule has 23 heavy (non-hydrogen) atoms. The predicted molar refractivity (Wildman–Crippen MR) is 88.7 cm³/mol. The van der Waals surface area contributed by atoms with E-state index in [1.54, 1.807) is 0 Å². The van der Waals surface area contributed by atoms with Crippen LogP contribution in [0.2, 0.25) is 0 Å². The summed E-state index contributed by atoms with van der Waals surface area (Å²) in [5.41, 5.74) is -0.422. The largest absolute Gasteiger partial charge is 0.393 e. The first kappa shape index (κ1) is 16.1. The van der Waals surface area contributed by atoms with Gasteiger partial charge in [-0.3, -0.25) is 4.79 Å². The van der Waals surface area contributed by atoms with Crippen molar-refractivity contribution in [2.75, 3.05) is 0 Å². The third kappa shape index (κ3) is 1.76. The second-order valence-electron chi connectivity index (χ2n) is 10.0. The molecule has 8 atom stereocenters. The van der Waals surface area contributed by atoms with E-state index in [2.05, 4.69) is 27.7 Å². The summed E-state index contributed by atoms with van der Waals surface area (Å²) in [6.45, 7) is 8.78. The normalized spacial score (nSPS) is 57.7. The van der Waals surface area contributed by atoms with E-state index in [9.17, 15) is 15.0 Å².